The average molecular weight is 763 g/mol. The number of aliphatic carboxylic acids is 2. The zero-order valence-corrected chi connectivity index (χ0v) is 29.9. The van der Waals surface area contributed by atoms with Crippen molar-refractivity contribution in [1.29, 1.82) is 0 Å². The van der Waals surface area contributed by atoms with Crippen LogP contribution in [-0.2, 0) is 32.6 Å². The second-order valence-electron chi connectivity index (χ2n) is 12.4. The molecule has 56 heavy (non-hydrogen) atoms. The fraction of sp³-hybridized carbons (Fsp3) is 0.150. The molecule has 2 aromatic heterocycles. The van der Waals surface area contributed by atoms with Crippen molar-refractivity contribution >= 4 is 57.1 Å². The van der Waals surface area contributed by atoms with Gasteiger partial charge in [-0.15, -0.1) is 0 Å². The molecule has 16 heteroatoms. The van der Waals surface area contributed by atoms with E-state index in [1.165, 1.54) is 12.1 Å². The maximum Gasteiger partial charge on any atom is 0.341 e. The molecule has 6 N–H and O–H groups in total. The first kappa shape index (κ1) is 38.1. The summed E-state index contributed by atoms with van der Waals surface area (Å²) in [4.78, 5) is 71.8. The summed E-state index contributed by atoms with van der Waals surface area (Å²) in [7, 11) is 0. The van der Waals surface area contributed by atoms with E-state index in [4.69, 9.17) is 40.6 Å². The summed E-state index contributed by atoms with van der Waals surface area (Å²) in [5.41, 5.74) is 14.1. The van der Waals surface area contributed by atoms with Crippen LogP contribution in [0.4, 0.5) is 0 Å². The van der Waals surface area contributed by atoms with E-state index in [-0.39, 0.29) is 46.9 Å². The van der Waals surface area contributed by atoms with Crippen molar-refractivity contribution in [2.45, 2.75) is 27.3 Å². The molecular weight excluding hydrogens is 728 g/mol. The van der Waals surface area contributed by atoms with E-state index < -0.39 is 48.5 Å². The van der Waals surface area contributed by atoms with Crippen molar-refractivity contribution in [3.05, 3.63) is 107 Å². The summed E-state index contributed by atoms with van der Waals surface area (Å²) >= 11 is 0. The molecule has 0 aliphatic carbocycles. The average Bonchev–Trinajstić information content (AvgIpc) is 3.63. The third-order valence-corrected chi connectivity index (χ3v) is 8.99. The number of nitrogens with zero attached hydrogens (tertiary/aromatic N) is 2. The lowest BCUT2D eigenvalue weighted by Crippen LogP contribution is -2.24. The third kappa shape index (κ3) is 7.56. The molecule has 6 aromatic rings. The Hall–Kier alpha value is -7.62. The van der Waals surface area contributed by atoms with Crippen molar-refractivity contribution in [1.82, 2.24) is 9.13 Å². The van der Waals surface area contributed by atoms with Crippen LogP contribution in [0.2, 0.25) is 0 Å². The molecule has 286 valence electrons. The van der Waals surface area contributed by atoms with Gasteiger partial charge in [-0.2, -0.15) is 0 Å². The van der Waals surface area contributed by atoms with Gasteiger partial charge in [-0.3, -0.25) is 19.2 Å². The first-order chi connectivity index (χ1) is 26.8. The van der Waals surface area contributed by atoms with E-state index >= 15 is 0 Å². The second kappa shape index (κ2) is 15.8. The SMILES string of the molecule is Cc1c(C(=O)C(N)=O)c2c(OCC(=O)O)cccc2n1COc1ccc(-c2ccc(OCn3c(C)c(C(=O)C(N)=O)c4c(OCC(=O)O)cccc43)cc2)cc1. The predicted molar refractivity (Wildman–Crippen MR) is 200 cm³/mol. The number of aromatic nitrogens is 2. The molecule has 0 saturated carbocycles. The minimum Gasteiger partial charge on any atom is -0.481 e. The van der Waals surface area contributed by atoms with Crippen LogP contribution in [0.25, 0.3) is 32.9 Å². The van der Waals surface area contributed by atoms with E-state index in [1.807, 2.05) is 24.3 Å². The molecule has 0 bridgehead atoms. The zero-order valence-electron chi connectivity index (χ0n) is 29.9. The normalized spacial score (nSPS) is 11.0. The molecule has 16 nitrogen and oxygen atoms in total. The van der Waals surface area contributed by atoms with E-state index in [1.54, 1.807) is 71.5 Å². The number of Topliss-reactive ketones (excluding diaryl/α,β-unsaturated/α-hetero) is 2. The number of carbonyl (C=O) groups is 6. The van der Waals surface area contributed by atoms with Crippen molar-refractivity contribution in [2.75, 3.05) is 13.2 Å². The Bertz CT molecular complexity index is 2370. The second-order valence-corrected chi connectivity index (χ2v) is 12.4. The molecular formula is C40H34N4O12. The van der Waals surface area contributed by atoms with Gasteiger partial charge in [-0.1, -0.05) is 36.4 Å². The number of nitrogens with two attached hydrogens (primary N) is 2. The van der Waals surface area contributed by atoms with Crippen LogP contribution in [0.3, 0.4) is 0 Å². The van der Waals surface area contributed by atoms with Gasteiger partial charge in [-0.25, -0.2) is 9.59 Å². The van der Waals surface area contributed by atoms with Gasteiger partial charge in [0.25, 0.3) is 23.4 Å². The van der Waals surface area contributed by atoms with Gasteiger partial charge in [0.2, 0.25) is 0 Å². The van der Waals surface area contributed by atoms with Crippen LogP contribution in [0.1, 0.15) is 32.1 Å². The topological polar surface area (TPSA) is 242 Å². The van der Waals surface area contributed by atoms with Crippen molar-refractivity contribution in [3.63, 3.8) is 0 Å². The minimum absolute atomic E-state index is 0.00337. The quantitative estimate of drug-likeness (QED) is 0.0755. The Labute approximate surface area is 317 Å². The molecule has 0 spiro atoms. The first-order valence-corrected chi connectivity index (χ1v) is 16.8. The lowest BCUT2D eigenvalue weighted by atomic mass is 10.1. The number of fused-ring (bicyclic) bond motifs is 2. The van der Waals surface area contributed by atoms with Crippen molar-refractivity contribution in [3.8, 4) is 34.1 Å². The lowest BCUT2D eigenvalue weighted by molar-refractivity contribution is -0.140. The van der Waals surface area contributed by atoms with Crippen molar-refractivity contribution in [2.24, 2.45) is 11.5 Å². The Morgan fingerprint density at radius 2 is 0.893 bits per heavy atom. The third-order valence-electron chi connectivity index (χ3n) is 8.99. The van der Waals surface area contributed by atoms with E-state index in [0.29, 0.717) is 33.9 Å². The predicted octanol–water partition coefficient (Wildman–Crippen LogP) is 4.22. The number of hydrogen-bond acceptors (Lipinski definition) is 10. The van der Waals surface area contributed by atoms with E-state index in [9.17, 15) is 28.8 Å². The van der Waals surface area contributed by atoms with Gasteiger partial charge in [0.05, 0.1) is 32.9 Å². The molecule has 0 saturated heterocycles. The van der Waals surface area contributed by atoms with Crippen LogP contribution >= 0.6 is 0 Å². The smallest absolute Gasteiger partial charge is 0.341 e. The molecule has 0 aliphatic rings. The number of carboxylic acids is 2. The number of carbonyl (C=O) groups excluding carboxylic acids is 4. The fourth-order valence-corrected chi connectivity index (χ4v) is 6.40. The maximum absolute atomic E-state index is 12.9. The summed E-state index contributed by atoms with van der Waals surface area (Å²) in [6.07, 6.45) is 0. The molecule has 4 aromatic carbocycles. The van der Waals surface area contributed by atoms with Gasteiger partial charge in [0.15, 0.2) is 26.7 Å². The molecule has 2 heterocycles. The molecule has 0 radical (unpaired) electrons. The maximum atomic E-state index is 12.9. The van der Waals surface area contributed by atoms with E-state index in [0.717, 1.165) is 11.1 Å². The van der Waals surface area contributed by atoms with Crippen LogP contribution in [0.5, 0.6) is 23.0 Å². The molecule has 0 unspecified atom stereocenters. The summed E-state index contributed by atoms with van der Waals surface area (Å²) in [6, 6.07) is 24.1. The highest BCUT2D eigenvalue weighted by atomic mass is 16.5. The Kier molecular flexibility index (Phi) is 10.7. The molecule has 0 atom stereocenters. The Balaban J connectivity index is 1.18. The highest BCUT2D eigenvalue weighted by Gasteiger charge is 2.28. The van der Waals surface area contributed by atoms with Crippen LogP contribution in [-0.4, -0.2) is 67.9 Å². The number of benzene rings is 4. The van der Waals surface area contributed by atoms with Crippen LogP contribution < -0.4 is 30.4 Å². The highest BCUT2D eigenvalue weighted by molar-refractivity contribution is 6.45. The minimum atomic E-state index is -1.21. The largest absolute Gasteiger partial charge is 0.481 e. The van der Waals surface area contributed by atoms with Crippen molar-refractivity contribution < 1.29 is 57.9 Å². The summed E-state index contributed by atoms with van der Waals surface area (Å²) in [6.45, 7) is 1.81. The number of hydrogen-bond donors (Lipinski definition) is 4. The standard InChI is InChI=1S/C40H34N4O12/c1-21-33(37(49)39(41)51)35-27(5-3-7-29(35)53-17-31(45)46)43(21)19-55-25-13-9-23(10-14-25)24-11-15-26(16-12-24)56-20-44-22(2)34(38(50)40(42)52)36-28(44)6-4-8-30(36)54-18-32(47)48/h3-16H,17-20H2,1-2H3,(H2,41,51)(H2,42,52)(H,45,46)(H,47,48). The number of ketones is 2. The Morgan fingerprint density at radius 1 is 0.536 bits per heavy atom. The summed E-state index contributed by atoms with van der Waals surface area (Å²) in [5, 5.41) is 18.7. The zero-order chi connectivity index (χ0) is 40.3. The summed E-state index contributed by atoms with van der Waals surface area (Å²) < 4.78 is 26.3. The molecule has 2 amide bonds. The van der Waals surface area contributed by atoms with Gasteiger partial charge in [-0.05, 0) is 73.5 Å². The number of carboxylic acid groups (broad SMARTS) is 2. The molecule has 6 rings (SSSR count). The van der Waals surface area contributed by atoms with E-state index in [2.05, 4.69) is 0 Å². The van der Waals surface area contributed by atoms with Gasteiger partial charge in [0.1, 0.15) is 23.0 Å². The monoisotopic (exact) mass is 762 g/mol. The highest BCUT2D eigenvalue weighted by Crippen LogP contribution is 2.36. The fourth-order valence-electron chi connectivity index (χ4n) is 6.40. The lowest BCUT2D eigenvalue weighted by Gasteiger charge is -2.13. The number of primary amides is 2. The number of ether oxygens (including phenoxy) is 4. The molecule has 0 aliphatic heterocycles. The first-order valence-electron chi connectivity index (χ1n) is 16.8. The van der Waals surface area contributed by atoms with Gasteiger partial charge < -0.3 is 49.8 Å². The number of rotatable bonds is 17. The van der Waals surface area contributed by atoms with Gasteiger partial charge in [0, 0.05) is 11.4 Å². The van der Waals surface area contributed by atoms with Crippen LogP contribution in [0.15, 0.2) is 84.9 Å². The van der Waals surface area contributed by atoms with Gasteiger partial charge >= 0.3 is 11.9 Å². The Morgan fingerprint density at radius 3 is 1.21 bits per heavy atom. The summed E-state index contributed by atoms with van der Waals surface area (Å²) in [5.74, 6) is -5.46. The molecule has 0 fully saturated rings. The number of amides is 2. The van der Waals surface area contributed by atoms with Crippen LogP contribution in [0, 0.1) is 13.8 Å².